The third-order valence-corrected chi connectivity index (χ3v) is 3.81. The molecule has 0 unspecified atom stereocenters. The van der Waals surface area contributed by atoms with Gasteiger partial charge >= 0.3 is 0 Å². The first-order valence-electron chi connectivity index (χ1n) is 6.56. The number of carbonyl (C=O) groups excluding carboxylic acids is 1. The van der Waals surface area contributed by atoms with Crippen LogP contribution in [0.25, 0.3) is 0 Å². The smallest absolute Gasteiger partial charge is 0.212 e. The Labute approximate surface area is 137 Å². The van der Waals surface area contributed by atoms with Gasteiger partial charge in [-0.1, -0.05) is 27.5 Å². The average molecular weight is 371 g/mol. The van der Waals surface area contributed by atoms with Gasteiger partial charge in [0.1, 0.15) is 5.69 Å². The standard InChI is InChI=1S/C15H17BrClN3O/c1-10-6-11(8-12(16)7-10)15(21)14-13(17)9-18-20(14)5-4-19(2)3/h6-9H,4-5H2,1-3H3. The van der Waals surface area contributed by atoms with Crippen molar-refractivity contribution in [2.45, 2.75) is 13.5 Å². The normalized spacial score (nSPS) is 11.1. The van der Waals surface area contributed by atoms with Crippen LogP contribution in [0.4, 0.5) is 0 Å². The van der Waals surface area contributed by atoms with Gasteiger partial charge in [0.05, 0.1) is 17.8 Å². The SMILES string of the molecule is Cc1cc(Br)cc(C(=O)c2c(Cl)cnn2CCN(C)C)c1. The van der Waals surface area contributed by atoms with Crippen molar-refractivity contribution >= 4 is 33.3 Å². The molecule has 0 fully saturated rings. The maximum Gasteiger partial charge on any atom is 0.212 e. The molecule has 0 saturated carbocycles. The molecule has 6 heteroatoms. The van der Waals surface area contributed by atoms with Crippen LogP contribution >= 0.6 is 27.5 Å². The average Bonchev–Trinajstić information content (AvgIpc) is 2.75. The zero-order valence-electron chi connectivity index (χ0n) is 12.2. The van der Waals surface area contributed by atoms with Crippen molar-refractivity contribution < 1.29 is 4.79 Å². The second-order valence-corrected chi connectivity index (χ2v) is 6.54. The molecule has 0 atom stereocenters. The number of rotatable bonds is 5. The fraction of sp³-hybridized carbons (Fsp3) is 0.333. The molecule has 4 nitrogen and oxygen atoms in total. The van der Waals surface area contributed by atoms with E-state index in [1.165, 1.54) is 6.20 Å². The first-order valence-corrected chi connectivity index (χ1v) is 7.73. The van der Waals surface area contributed by atoms with Crippen molar-refractivity contribution in [3.8, 4) is 0 Å². The van der Waals surface area contributed by atoms with Gasteiger partial charge in [-0.2, -0.15) is 5.10 Å². The van der Waals surface area contributed by atoms with Crippen molar-refractivity contribution in [1.82, 2.24) is 14.7 Å². The summed E-state index contributed by atoms with van der Waals surface area (Å²) in [7, 11) is 3.95. The Hall–Kier alpha value is -1.17. The molecule has 0 N–H and O–H groups in total. The summed E-state index contributed by atoms with van der Waals surface area (Å²) in [4.78, 5) is 14.8. The van der Waals surface area contributed by atoms with Gasteiger partial charge in [0.2, 0.25) is 5.78 Å². The molecule has 0 aliphatic carbocycles. The quantitative estimate of drug-likeness (QED) is 0.757. The summed E-state index contributed by atoms with van der Waals surface area (Å²) >= 11 is 9.57. The Morgan fingerprint density at radius 3 is 2.71 bits per heavy atom. The topological polar surface area (TPSA) is 38.1 Å². The van der Waals surface area contributed by atoms with E-state index in [0.29, 0.717) is 22.8 Å². The summed E-state index contributed by atoms with van der Waals surface area (Å²) in [6.07, 6.45) is 1.52. The third-order valence-electron chi connectivity index (χ3n) is 3.07. The fourth-order valence-electron chi connectivity index (χ4n) is 2.06. The number of aryl methyl sites for hydroxylation is 1. The van der Waals surface area contributed by atoms with Crippen molar-refractivity contribution in [3.63, 3.8) is 0 Å². The van der Waals surface area contributed by atoms with Gasteiger partial charge in [-0.15, -0.1) is 0 Å². The van der Waals surface area contributed by atoms with E-state index in [0.717, 1.165) is 16.6 Å². The zero-order valence-corrected chi connectivity index (χ0v) is 14.6. The molecule has 2 rings (SSSR count). The Balaban J connectivity index is 2.36. The van der Waals surface area contributed by atoms with E-state index in [2.05, 4.69) is 21.0 Å². The zero-order chi connectivity index (χ0) is 15.6. The molecule has 1 aromatic carbocycles. The second-order valence-electron chi connectivity index (χ2n) is 5.21. The minimum atomic E-state index is -0.111. The molecule has 1 heterocycles. The summed E-state index contributed by atoms with van der Waals surface area (Å²) in [5.74, 6) is -0.111. The Bertz CT molecular complexity index is 647. The third kappa shape index (κ3) is 3.93. The number of aromatic nitrogens is 2. The number of hydrogen-bond donors (Lipinski definition) is 0. The van der Waals surface area contributed by atoms with Crippen LogP contribution in [0.1, 0.15) is 21.6 Å². The van der Waals surface area contributed by atoms with Gasteiger partial charge < -0.3 is 4.90 Å². The molecule has 2 aromatic rings. The van der Waals surface area contributed by atoms with E-state index in [1.807, 2.05) is 38.1 Å². The maximum atomic E-state index is 12.7. The van der Waals surface area contributed by atoms with Crippen LogP contribution < -0.4 is 0 Å². The van der Waals surface area contributed by atoms with E-state index in [1.54, 1.807) is 10.7 Å². The van der Waals surface area contributed by atoms with Crippen LogP contribution in [-0.2, 0) is 6.54 Å². The molecule has 0 amide bonds. The second kappa shape index (κ2) is 6.73. The first-order chi connectivity index (χ1) is 9.88. The number of carbonyl (C=O) groups is 1. The fourth-order valence-corrected chi connectivity index (χ4v) is 2.89. The summed E-state index contributed by atoms with van der Waals surface area (Å²) in [6, 6.07) is 5.61. The van der Waals surface area contributed by atoms with E-state index in [4.69, 9.17) is 11.6 Å². The Morgan fingerprint density at radius 2 is 2.10 bits per heavy atom. The van der Waals surface area contributed by atoms with Gasteiger partial charge in [-0.05, 0) is 44.8 Å². The van der Waals surface area contributed by atoms with Crippen LogP contribution in [-0.4, -0.2) is 41.1 Å². The molecular weight excluding hydrogens is 354 g/mol. The summed E-state index contributed by atoms with van der Waals surface area (Å²) < 4.78 is 2.54. The van der Waals surface area contributed by atoms with Gasteiger partial charge in [0.25, 0.3) is 0 Å². The van der Waals surface area contributed by atoms with Crippen molar-refractivity contribution in [3.05, 3.63) is 50.7 Å². The monoisotopic (exact) mass is 369 g/mol. The van der Waals surface area contributed by atoms with E-state index < -0.39 is 0 Å². The first kappa shape index (κ1) is 16.2. The Morgan fingerprint density at radius 1 is 1.38 bits per heavy atom. The van der Waals surface area contributed by atoms with Crippen molar-refractivity contribution in [2.75, 3.05) is 20.6 Å². The highest BCUT2D eigenvalue weighted by atomic mass is 79.9. The molecular formula is C15H17BrClN3O. The van der Waals surface area contributed by atoms with Gasteiger partial charge in [-0.3, -0.25) is 9.48 Å². The highest BCUT2D eigenvalue weighted by Gasteiger charge is 2.19. The highest BCUT2D eigenvalue weighted by molar-refractivity contribution is 9.10. The van der Waals surface area contributed by atoms with Gasteiger partial charge in [0, 0.05) is 16.6 Å². The lowest BCUT2D eigenvalue weighted by Gasteiger charge is -2.12. The number of benzene rings is 1. The number of hydrogen-bond acceptors (Lipinski definition) is 3. The maximum absolute atomic E-state index is 12.7. The van der Waals surface area contributed by atoms with Gasteiger partial charge in [-0.25, -0.2) is 0 Å². The molecule has 0 saturated heterocycles. The van der Waals surface area contributed by atoms with E-state index in [9.17, 15) is 4.79 Å². The van der Waals surface area contributed by atoms with Gasteiger partial charge in [0.15, 0.2) is 0 Å². The van der Waals surface area contributed by atoms with E-state index >= 15 is 0 Å². The largest absolute Gasteiger partial charge is 0.308 e. The lowest BCUT2D eigenvalue weighted by atomic mass is 10.1. The number of ketones is 1. The summed E-state index contributed by atoms with van der Waals surface area (Å²) in [5, 5.41) is 4.59. The number of halogens is 2. The molecule has 1 aromatic heterocycles. The lowest BCUT2D eigenvalue weighted by molar-refractivity contribution is 0.102. The molecule has 0 aliphatic heterocycles. The number of likely N-dealkylation sites (N-methyl/N-ethyl adjacent to an activating group) is 1. The van der Waals surface area contributed by atoms with Crippen LogP contribution in [0, 0.1) is 6.92 Å². The Kier molecular flexibility index (Phi) is 5.19. The van der Waals surface area contributed by atoms with Crippen LogP contribution in [0.5, 0.6) is 0 Å². The van der Waals surface area contributed by atoms with Crippen LogP contribution in [0.15, 0.2) is 28.9 Å². The highest BCUT2D eigenvalue weighted by Crippen LogP contribution is 2.22. The lowest BCUT2D eigenvalue weighted by Crippen LogP contribution is -2.21. The number of nitrogens with zero attached hydrogens (tertiary/aromatic N) is 3. The van der Waals surface area contributed by atoms with Crippen molar-refractivity contribution in [1.29, 1.82) is 0 Å². The minimum Gasteiger partial charge on any atom is -0.308 e. The minimum absolute atomic E-state index is 0.111. The van der Waals surface area contributed by atoms with Crippen molar-refractivity contribution in [2.24, 2.45) is 0 Å². The predicted molar refractivity (Wildman–Crippen MR) is 88.1 cm³/mol. The molecule has 0 bridgehead atoms. The summed E-state index contributed by atoms with van der Waals surface area (Å²) in [6.45, 7) is 3.36. The van der Waals surface area contributed by atoms with E-state index in [-0.39, 0.29) is 5.78 Å². The summed E-state index contributed by atoms with van der Waals surface area (Å²) in [5.41, 5.74) is 2.06. The molecule has 0 aliphatic rings. The molecule has 112 valence electrons. The van der Waals surface area contributed by atoms with Crippen LogP contribution in [0.2, 0.25) is 5.02 Å². The van der Waals surface area contributed by atoms with Crippen LogP contribution in [0.3, 0.4) is 0 Å². The molecule has 21 heavy (non-hydrogen) atoms. The molecule has 0 radical (unpaired) electrons. The molecule has 0 spiro atoms. The predicted octanol–water partition coefficient (Wildman–Crippen LogP) is 3.40.